The Morgan fingerprint density at radius 3 is 2.82 bits per heavy atom. The van der Waals surface area contributed by atoms with Crippen LogP contribution in [0.5, 0.6) is 0 Å². The van der Waals surface area contributed by atoms with Crippen LogP contribution in [0.1, 0.15) is 22.8 Å². The monoisotopic (exact) mass is 500 g/mol. The molecule has 34 heavy (non-hydrogen) atoms. The van der Waals surface area contributed by atoms with Gasteiger partial charge in [-0.15, -0.1) is 0 Å². The minimum atomic E-state index is -0.111. The normalized spacial score (nSPS) is 20.4. The second-order valence-electron chi connectivity index (χ2n) is 8.78. The number of rotatable bonds is 5. The zero-order valence-electron chi connectivity index (χ0n) is 19.2. The molecule has 2 amide bonds. The largest absolute Gasteiger partial charge is 0.368 e. The third-order valence-corrected chi connectivity index (χ3v) is 7.88. The van der Waals surface area contributed by atoms with Crippen molar-refractivity contribution in [2.45, 2.75) is 19.5 Å². The third kappa shape index (κ3) is 4.69. The summed E-state index contributed by atoms with van der Waals surface area (Å²) in [5.41, 5.74) is 3.46. The molecule has 4 heterocycles. The SMILES string of the molecule is CCNC(=O)c1ccc(N2CCN(Cc3cnc4c(c3)NC(=O)[C@@H]3CSCCN43)CC2)c(Cl)c1. The molecule has 180 valence electrons. The van der Waals surface area contributed by atoms with E-state index in [-0.39, 0.29) is 17.9 Å². The number of hydrogen-bond acceptors (Lipinski definition) is 7. The number of anilines is 3. The van der Waals surface area contributed by atoms with Crippen LogP contribution in [0.25, 0.3) is 0 Å². The van der Waals surface area contributed by atoms with Gasteiger partial charge in [0.1, 0.15) is 6.04 Å². The maximum absolute atomic E-state index is 12.5. The van der Waals surface area contributed by atoms with Gasteiger partial charge < -0.3 is 20.4 Å². The van der Waals surface area contributed by atoms with Gasteiger partial charge in [0.2, 0.25) is 5.91 Å². The Labute approximate surface area is 209 Å². The van der Waals surface area contributed by atoms with Crippen molar-refractivity contribution in [2.75, 3.05) is 65.9 Å². The summed E-state index contributed by atoms with van der Waals surface area (Å²) in [6.07, 6.45) is 1.94. The van der Waals surface area contributed by atoms with Gasteiger partial charge in [0.05, 0.1) is 16.4 Å². The van der Waals surface area contributed by atoms with E-state index in [9.17, 15) is 9.59 Å². The molecule has 1 aromatic heterocycles. The lowest BCUT2D eigenvalue weighted by Crippen LogP contribution is -2.53. The number of aromatic nitrogens is 1. The highest BCUT2D eigenvalue weighted by Gasteiger charge is 2.36. The van der Waals surface area contributed by atoms with E-state index in [1.807, 2.05) is 37.0 Å². The van der Waals surface area contributed by atoms with E-state index in [2.05, 4.69) is 31.4 Å². The first-order chi connectivity index (χ1) is 16.5. The molecular formula is C24H29ClN6O2S. The van der Waals surface area contributed by atoms with Gasteiger partial charge in [0, 0.05) is 69.1 Å². The molecule has 5 rings (SSSR count). The van der Waals surface area contributed by atoms with Gasteiger partial charge in [-0.25, -0.2) is 4.98 Å². The molecule has 1 atom stereocenters. The van der Waals surface area contributed by atoms with Crippen LogP contribution in [0.2, 0.25) is 5.02 Å². The van der Waals surface area contributed by atoms with Crippen molar-refractivity contribution in [1.82, 2.24) is 15.2 Å². The molecule has 2 saturated heterocycles. The highest BCUT2D eigenvalue weighted by molar-refractivity contribution is 7.99. The lowest BCUT2D eigenvalue weighted by atomic mass is 10.1. The lowest BCUT2D eigenvalue weighted by molar-refractivity contribution is -0.117. The minimum absolute atomic E-state index is 0.0716. The van der Waals surface area contributed by atoms with Crippen LogP contribution in [-0.4, -0.2) is 78.5 Å². The highest BCUT2D eigenvalue weighted by atomic mass is 35.5. The van der Waals surface area contributed by atoms with Gasteiger partial charge in [-0.05, 0) is 36.8 Å². The molecule has 1 aromatic carbocycles. The lowest BCUT2D eigenvalue weighted by Gasteiger charge is -2.40. The standard InChI is InChI=1S/C24H29ClN6O2S/c1-2-26-23(32)17-3-4-20(18(25)12-17)30-7-5-29(6-8-30)14-16-11-19-22(27-13-16)31-9-10-34-15-21(31)24(33)28-19/h3-4,11-13,21H,2,5-10,14-15H2,1H3,(H,26,32)(H,28,33)/t21-/m0/s1. The first-order valence-corrected chi connectivity index (χ1v) is 13.3. The van der Waals surface area contributed by atoms with E-state index in [1.165, 1.54) is 0 Å². The number of halogens is 1. The minimum Gasteiger partial charge on any atom is -0.368 e. The maximum atomic E-state index is 12.5. The van der Waals surface area contributed by atoms with Crippen LogP contribution in [0.4, 0.5) is 17.2 Å². The number of carbonyl (C=O) groups excluding carboxylic acids is 2. The van der Waals surface area contributed by atoms with Gasteiger partial charge in [0.15, 0.2) is 5.82 Å². The van der Waals surface area contributed by atoms with Gasteiger partial charge >= 0.3 is 0 Å². The molecule has 2 fully saturated rings. The van der Waals surface area contributed by atoms with Crippen LogP contribution in [0.3, 0.4) is 0 Å². The topological polar surface area (TPSA) is 80.8 Å². The summed E-state index contributed by atoms with van der Waals surface area (Å²) >= 11 is 8.34. The molecule has 2 N–H and O–H groups in total. The first-order valence-electron chi connectivity index (χ1n) is 11.7. The number of benzene rings is 1. The number of thioether (sulfide) groups is 1. The first kappa shape index (κ1) is 23.3. The fourth-order valence-corrected chi connectivity index (χ4v) is 6.12. The fraction of sp³-hybridized carbons (Fsp3) is 0.458. The second-order valence-corrected chi connectivity index (χ2v) is 10.3. The molecular weight excluding hydrogens is 472 g/mol. The van der Waals surface area contributed by atoms with Crippen molar-refractivity contribution in [3.8, 4) is 0 Å². The summed E-state index contributed by atoms with van der Waals surface area (Å²) in [7, 11) is 0. The van der Waals surface area contributed by atoms with E-state index < -0.39 is 0 Å². The molecule has 3 aliphatic heterocycles. The van der Waals surface area contributed by atoms with Crippen molar-refractivity contribution < 1.29 is 9.59 Å². The second kappa shape index (κ2) is 10.0. The van der Waals surface area contributed by atoms with Crippen molar-refractivity contribution in [3.63, 3.8) is 0 Å². The average molecular weight is 501 g/mol. The molecule has 0 bridgehead atoms. The number of piperazine rings is 1. The predicted molar refractivity (Wildman–Crippen MR) is 138 cm³/mol. The van der Waals surface area contributed by atoms with Gasteiger partial charge in [-0.2, -0.15) is 11.8 Å². The fourth-order valence-electron chi connectivity index (χ4n) is 4.77. The Bertz CT molecular complexity index is 1090. The highest BCUT2D eigenvalue weighted by Crippen LogP contribution is 2.34. The van der Waals surface area contributed by atoms with Gasteiger partial charge in [0.25, 0.3) is 5.91 Å². The Kier molecular flexibility index (Phi) is 6.85. The van der Waals surface area contributed by atoms with E-state index in [4.69, 9.17) is 16.6 Å². The summed E-state index contributed by atoms with van der Waals surface area (Å²) < 4.78 is 0. The number of pyridine rings is 1. The van der Waals surface area contributed by atoms with E-state index >= 15 is 0 Å². The quantitative estimate of drug-likeness (QED) is 0.653. The molecule has 8 nitrogen and oxygen atoms in total. The molecule has 2 aromatic rings. The number of hydrogen-bond donors (Lipinski definition) is 2. The van der Waals surface area contributed by atoms with E-state index in [1.54, 1.807) is 6.07 Å². The Morgan fingerprint density at radius 1 is 1.24 bits per heavy atom. The molecule has 10 heteroatoms. The van der Waals surface area contributed by atoms with Crippen LogP contribution in [-0.2, 0) is 11.3 Å². The average Bonchev–Trinajstić information content (AvgIpc) is 2.85. The van der Waals surface area contributed by atoms with Gasteiger partial charge in [-0.1, -0.05) is 11.6 Å². The Balaban J connectivity index is 1.21. The summed E-state index contributed by atoms with van der Waals surface area (Å²) in [6, 6.07) is 7.47. The third-order valence-electron chi connectivity index (χ3n) is 6.55. The summed E-state index contributed by atoms with van der Waals surface area (Å²) in [5.74, 6) is 2.70. The molecule has 0 aliphatic carbocycles. The van der Waals surface area contributed by atoms with Crippen LogP contribution in [0, 0.1) is 0 Å². The van der Waals surface area contributed by atoms with E-state index in [0.29, 0.717) is 17.1 Å². The molecule has 0 spiro atoms. The number of amides is 2. The number of nitrogens with zero attached hydrogens (tertiary/aromatic N) is 4. The van der Waals surface area contributed by atoms with Crippen LogP contribution >= 0.6 is 23.4 Å². The van der Waals surface area contributed by atoms with Crippen LogP contribution < -0.4 is 20.4 Å². The van der Waals surface area contributed by atoms with Crippen molar-refractivity contribution in [1.29, 1.82) is 0 Å². The van der Waals surface area contributed by atoms with Crippen LogP contribution in [0.15, 0.2) is 30.5 Å². The summed E-state index contributed by atoms with van der Waals surface area (Å²) in [6.45, 7) is 7.61. The molecule has 0 radical (unpaired) electrons. The van der Waals surface area contributed by atoms with Crippen molar-refractivity contribution in [3.05, 3.63) is 46.6 Å². The smallest absolute Gasteiger partial charge is 0.251 e. The summed E-state index contributed by atoms with van der Waals surface area (Å²) in [4.78, 5) is 36.1. The molecule has 0 unspecified atom stereocenters. The predicted octanol–water partition coefficient (Wildman–Crippen LogP) is 2.68. The number of fused-ring (bicyclic) bond motifs is 3. The van der Waals surface area contributed by atoms with Crippen molar-refractivity contribution in [2.24, 2.45) is 0 Å². The zero-order valence-corrected chi connectivity index (χ0v) is 20.8. The summed E-state index contributed by atoms with van der Waals surface area (Å²) in [5, 5.41) is 6.47. The number of carbonyl (C=O) groups is 2. The maximum Gasteiger partial charge on any atom is 0.251 e. The van der Waals surface area contributed by atoms with Crippen molar-refractivity contribution >= 4 is 52.4 Å². The number of nitrogens with one attached hydrogen (secondary N) is 2. The van der Waals surface area contributed by atoms with E-state index in [0.717, 1.165) is 73.5 Å². The zero-order chi connectivity index (χ0) is 23.7. The van der Waals surface area contributed by atoms with Gasteiger partial charge in [-0.3, -0.25) is 14.5 Å². The molecule has 0 saturated carbocycles. The Hall–Kier alpha value is -2.49. The Morgan fingerprint density at radius 2 is 2.06 bits per heavy atom. The molecule has 3 aliphatic rings.